The maximum Gasteiger partial charge on any atom is 0.348 e. The molecule has 0 radical (unpaired) electrons. The molecule has 1 N–H and O–H groups in total. The molecule has 0 aliphatic heterocycles. The molecule has 0 saturated heterocycles. The lowest BCUT2D eigenvalue weighted by molar-refractivity contribution is 0.0384. The lowest BCUT2D eigenvalue weighted by Crippen LogP contribution is -2.09. The summed E-state index contributed by atoms with van der Waals surface area (Å²) in [5.41, 5.74) is 0. The lowest BCUT2D eigenvalue weighted by Gasteiger charge is -2.04. The fourth-order valence-corrected chi connectivity index (χ4v) is 1.34. The Morgan fingerprint density at radius 1 is 1.58 bits per heavy atom. The van der Waals surface area contributed by atoms with Crippen molar-refractivity contribution in [3.63, 3.8) is 0 Å². The van der Waals surface area contributed by atoms with Crippen molar-refractivity contribution in [1.82, 2.24) is 0 Å². The molecule has 1 heterocycles. The van der Waals surface area contributed by atoms with Gasteiger partial charge in [0.2, 0.25) is 0 Å². The van der Waals surface area contributed by atoms with Gasteiger partial charge in [-0.2, -0.15) is 0 Å². The molecule has 1 aromatic rings. The Morgan fingerprint density at radius 3 is 2.67 bits per heavy atom. The predicted molar refractivity (Wildman–Crippen MR) is 46.5 cm³/mol. The largest absolute Gasteiger partial charge is 0.499 e. The van der Waals surface area contributed by atoms with Crippen LogP contribution in [0.1, 0.15) is 23.5 Å². The molecule has 0 aliphatic carbocycles. The smallest absolute Gasteiger partial charge is 0.348 e. The van der Waals surface area contributed by atoms with E-state index in [1.165, 1.54) is 6.07 Å². The Kier molecular flexibility index (Phi) is 2.70. The lowest BCUT2D eigenvalue weighted by atomic mass is 10.4. The molecule has 0 amide bonds. The molecule has 12 heavy (non-hydrogen) atoms. The van der Waals surface area contributed by atoms with Crippen molar-refractivity contribution in [1.29, 1.82) is 0 Å². The zero-order valence-electron chi connectivity index (χ0n) is 6.90. The zero-order valence-corrected chi connectivity index (χ0v) is 7.72. The van der Waals surface area contributed by atoms with Crippen LogP contribution in [0.3, 0.4) is 0 Å². The number of carbonyl (C=O) groups is 1. The van der Waals surface area contributed by atoms with E-state index in [1.54, 1.807) is 19.9 Å². The van der Waals surface area contributed by atoms with E-state index in [1.807, 2.05) is 0 Å². The van der Waals surface area contributed by atoms with Gasteiger partial charge in [-0.1, -0.05) is 11.3 Å². The molecule has 4 heteroatoms. The SMILES string of the molecule is CC(C)OC(=O)c1ccc(O)s1. The van der Waals surface area contributed by atoms with E-state index in [-0.39, 0.29) is 17.1 Å². The first-order chi connectivity index (χ1) is 5.59. The fourth-order valence-electron chi connectivity index (χ4n) is 0.710. The molecule has 0 spiro atoms. The molecule has 3 nitrogen and oxygen atoms in total. The van der Waals surface area contributed by atoms with Crippen molar-refractivity contribution >= 4 is 17.3 Å². The van der Waals surface area contributed by atoms with Crippen LogP contribution in [0.25, 0.3) is 0 Å². The van der Waals surface area contributed by atoms with Crippen LogP contribution in [0.5, 0.6) is 5.06 Å². The quantitative estimate of drug-likeness (QED) is 0.719. The molecule has 0 unspecified atom stereocenters. The predicted octanol–water partition coefficient (Wildman–Crippen LogP) is 2.02. The molecule has 0 atom stereocenters. The summed E-state index contributed by atoms with van der Waals surface area (Å²) < 4.78 is 4.91. The minimum absolute atomic E-state index is 0.123. The Labute approximate surface area is 74.6 Å². The van der Waals surface area contributed by atoms with Crippen LogP contribution >= 0.6 is 11.3 Å². The number of rotatable bonds is 2. The Hall–Kier alpha value is -1.03. The molecule has 0 aliphatic rings. The minimum atomic E-state index is -0.379. The Balaban J connectivity index is 2.65. The Morgan fingerprint density at radius 2 is 2.25 bits per heavy atom. The van der Waals surface area contributed by atoms with Crippen LogP contribution < -0.4 is 0 Å². The second-order valence-corrected chi connectivity index (χ2v) is 3.65. The molecule has 0 saturated carbocycles. The normalized spacial score (nSPS) is 10.2. The number of esters is 1. The van der Waals surface area contributed by atoms with Gasteiger partial charge in [-0.15, -0.1) is 0 Å². The highest BCUT2D eigenvalue weighted by molar-refractivity contribution is 7.15. The van der Waals surface area contributed by atoms with Gasteiger partial charge in [-0.3, -0.25) is 0 Å². The van der Waals surface area contributed by atoms with Crippen LogP contribution in [-0.4, -0.2) is 17.2 Å². The Bertz CT molecular complexity index is 278. The van der Waals surface area contributed by atoms with E-state index in [2.05, 4.69) is 0 Å². The van der Waals surface area contributed by atoms with Crippen molar-refractivity contribution < 1.29 is 14.6 Å². The first kappa shape index (κ1) is 9.06. The van der Waals surface area contributed by atoms with Crippen LogP contribution in [0.2, 0.25) is 0 Å². The van der Waals surface area contributed by atoms with Crippen LogP contribution in [-0.2, 0) is 4.74 Å². The molecule has 66 valence electrons. The third-order valence-corrected chi connectivity index (χ3v) is 2.00. The summed E-state index contributed by atoms with van der Waals surface area (Å²) in [6, 6.07) is 3.02. The standard InChI is InChI=1S/C8H10O3S/c1-5(2)11-8(10)6-3-4-7(9)12-6/h3-5,9H,1-2H3. The summed E-state index contributed by atoms with van der Waals surface area (Å²) in [6.45, 7) is 3.57. The van der Waals surface area contributed by atoms with E-state index in [0.717, 1.165) is 11.3 Å². The number of aromatic hydroxyl groups is 1. The van der Waals surface area contributed by atoms with Crippen LogP contribution in [0.15, 0.2) is 12.1 Å². The van der Waals surface area contributed by atoms with E-state index in [4.69, 9.17) is 9.84 Å². The molecule has 0 fully saturated rings. The second kappa shape index (κ2) is 3.58. The van der Waals surface area contributed by atoms with Crippen molar-refractivity contribution in [2.24, 2.45) is 0 Å². The van der Waals surface area contributed by atoms with Crippen molar-refractivity contribution in [3.05, 3.63) is 17.0 Å². The summed E-state index contributed by atoms with van der Waals surface area (Å²) in [5, 5.41) is 9.08. The maximum absolute atomic E-state index is 11.1. The van der Waals surface area contributed by atoms with E-state index in [9.17, 15) is 4.79 Å². The number of thiophene rings is 1. The fraction of sp³-hybridized carbons (Fsp3) is 0.375. The highest BCUT2D eigenvalue weighted by Gasteiger charge is 2.11. The van der Waals surface area contributed by atoms with Crippen LogP contribution in [0, 0.1) is 0 Å². The average molecular weight is 186 g/mol. The molecular weight excluding hydrogens is 176 g/mol. The third kappa shape index (κ3) is 2.23. The van der Waals surface area contributed by atoms with Gasteiger partial charge in [0.25, 0.3) is 0 Å². The topological polar surface area (TPSA) is 46.5 Å². The summed E-state index contributed by atoms with van der Waals surface area (Å²) >= 11 is 1.02. The van der Waals surface area contributed by atoms with Gasteiger partial charge in [0.05, 0.1) is 6.10 Å². The average Bonchev–Trinajstić information content (AvgIpc) is 2.34. The second-order valence-electron chi connectivity index (χ2n) is 2.59. The highest BCUT2D eigenvalue weighted by atomic mass is 32.1. The van der Waals surface area contributed by atoms with Crippen molar-refractivity contribution in [2.45, 2.75) is 20.0 Å². The summed E-state index contributed by atoms with van der Waals surface area (Å²) in [4.78, 5) is 11.6. The number of hydrogen-bond donors (Lipinski definition) is 1. The van der Waals surface area contributed by atoms with Crippen molar-refractivity contribution in [3.8, 4) is 5.06 Å². The molecular formula is C8H10O3S. The molecule has 1 aromatic heterocycles. The number of ether oxygens (including phenoxy) is 1. The van der Waals surface area contributed by atoms with E-state index < -0.39 is 0 Å². The van der Waals surface area contributed by atoms with E-state index in [0.29, 0.717) is 4.88 Å². The minimum Gasteiger partial charge on any atom is -0.499 e. The summed E-state index contributed by atoms with van der Waals surface area (Å²) in [7, 11) is 0. The highest BCUT2D eigenvalue weighted by Crippen LogP contribution is 2.23. The van der Waals surface area contributed by atoms with Gasteiger partial charge in [-0.05, 0) is 26.0 Å². The first-order valence-corrected chi connectivity index (χ1v) is 4.41. The van der Waals surface area contributed by atoms with Gasteiger partial charge in [0, 0.05) is 0 Å². The van der Waals surface area contributed by atoms with Gasteiger partial charge in [0.1, 0.15) is 4.88 Å². The van der Waals surface area contributed by atoms with Gasteiger partial charge < -0.3 is 9.84 Å². The zero-order chi connectivity index (χ0) is 9.14. The van der Waals surface area contributed by atoms with Gasteiger partial charge >= 0.3 is 5.97 Å². The maximum atomic E-state index is 11.1. The van der Waals surface area contributed by atoms with Crippen LogP contribution in [0.4, 0.5) is 0 Å². The van der Waals surface area contributed by atoms with Crippen molar-refractivity contribution in [2.75, 3.05) is 0 Å². The number of hydrogen-bond acceptors (Lipinski definition) is 4. The van der Waals surface area contributed by atoms with Gasteiger partial charge in [0.15, 0.2) is 5.06 Å². The molecule has 1 rings (SSSR count). The monoisotopic (exact) mass is 186 g/mol. The third-order valence-electron chi connectivity index (χ3n) is 1.14. The molecule has 0 bridgehead atoms. The van der Waals surface area contributed by atoms with Gasteiger partial charge in [-0.25, -0.2) is 4.79 Å². The first-order valence-electron chi connectivity index (χ1n) is 3.59. The summed E-state index contributed by atoms with van der Waals surface area (Å²) in [6.07, 6.45) is -0.123. The summed E-state index contributed by atoms with van der Waals surface area (Å²) in [5.74, 6) is -0.379. The molecule has 0 aromatic carbocycles. The van der Waals surface area contributed by atoms with E-state index >= 15 is 0 Å². The number of carbonyl (C=O) groups excluding carboxylic acids is 1.